The van der Waals surface area contributed by atoms with Crippen molar-refractivity contribution in [3.63, 3.8) is 0 Å². The lowest BCUT2D eigenvalue weighted by atomic mass is 9.51. The monoisotopic (exact) mass is 447 g/mol. The maximum Gasteiger partial charge on any atom is 0.156 e. The van der Waals surface area contributed by atoms with Gasteiger partial charge in [-0.1, -0.05) is 36.8 Å². The van der Waals surface area contributed by atoms with Crippen LogP contribution < -0.4 is 4.90 Å². The molecule has 2 fully saturated rings. The van der Waals surface area contributed by atoms with Gasteiger partial charge < -0.3 is 15.1 Å². The Morgan fingerprint density at radius 2 is 1.88 bits per heavy atom. The number of fused-ring (bicyclic) bond motifs is 4. The molecule has 0 radical (unpaired) electrons. The van der Waals surface area contributed by atoms with Gasteiger partial charge in [-0.15, -0.1) is 0 Å². The number of aliphatic hydroxyl groups excluding tert-OH is 1. The minimum Gasteiger partial charge on any atom is -0.392 e. The Kier molecular flexibility index (Phi) is 5.65. The molecular weight excluding hydrogens is 410 g/mol. The molecular formula is C29H37NO3. The summed E-state index contributed by atoms with van der Waals surface area (Å²) in [6, 6.07) is 8.91. The van der Waals surface area contributed by atoms with E-state index in [1.165, 1.54) is 22.4 Å². The quantitative estimate of drug-likeness (QED) is 0.643. The van der Waals surface area contributed by atoms with Crippen molar-refractivity contribution < 1.29 is 15.0 Å². The molecule has 5 rings (SSSR count). The van der Waals surface area contributed by atoms with Crippen molar-refractivity contribution in [2.45, 2.75) is 63.4 Å². The molecule has 0 heterocycles. The molecule has 1 aromatic carbocycles. The summed E-state index contributed by atoms with van der Waals surface area (Å²) in [6.45, 7) is 2.24. The standard InChI is InChI=1S/C29H37NO3/c1-28-18-25(19-5-8-21(9-6-19)30(2)3)27-23-12-10-22(32)17-20(23)7-11-24(27)26(28)13-15-29(28,33)14-4-16-31/h4-6,8-9,14,17,24-26,31,33H,7,10-13,15-16,18H2,1-3H3/t24-,25-,26+,28+,29+/m1/s1. The summed E-state index contributed by atoms with van der Waals surface area (Å²) in [5.41, 5.74) is 5.62. The van der Waals surface area contributed by atoms with E-state index >= 15 is 0 Å². The van der Waals surface area contributed by atoms with Crippen molar-refractivity contribution in [3.8, 4) is 0 Å². The van der Waals surface area contributed by atoms with E-state index in [2.05, 4.69) is 50.2 Å². The van der Waals surface area contributed by atoms with E-state index in [0.717, 1.165) is 38.5 Å². The first-order valence-corrected chi connectivity index (χ1v) is 12.5. The molecule has 176 valence electrons. The largest absolute Gasteiger partial charge is 0.392 e. The van der Waals surface area contributed by atoms with Crippen molar-refractivity contribution >= 4 is 11.5 Å². The van der Waals surface area contributed by atoms with Gasteiger partial charge in [0.15, 0.2) is 5.78 Å². The molecule has 0 unspecified atom stereocenters. The molecule has 0 spiro atoms. The van der Waals surface area contributed by atoms with Crippen LogP contribution in [0.3, 0.4) is 0 Å². The lowest BCUT2D eigenvalue weighted by Crippen LogP contribution is -2.50. The fourth-order valence-electron chi connectivity index (χ4n) is 7.52. The van der Waals surface area contributed by atoms with Crippen LogP contribution in [0.15, 0.2) is 59.2 Å². The van der Waals surface area contributed by atoms with E-state index in [9.17, 15) is 15.0 Å². The van der Waals surface area contributed by atoms with Gasteiger partial charge in [0.2, 0.25) is 0 Å². The Hall–Kier alpha value is -2.17. The van der Waals surface area contributed by atoms with Crippen molar-refractivity contribution in [2.75, 3.05) is 25.6 Å². The number of rotatable bonds is 4. The number of nitrogens with zero attached hydrogens (tertiary/aromatic N) is 1. The number of allylic oxidation sites excluding steroid dienone is 4. The molecule has 2 N–H and O–H groups in total. The summed E-state index contributed by atoms with van der Waals surface area (Å²) in [4.78, 5) is 14.3. The van der Waals surface area contributed by atoms with Crippen LogP contribution in [-0.2, 0) is 4.79 Å². The summed E-state index contributed by atoms with van der Waals surface area (Å²) in [7, 11) is 4.12. The van der Waals surface area contributed by atoms with Crippen molar-refractivity contribution in [3.05, 3.63) is 64.8 Å². The second kappa shape index (κ2) is 8.25. The maximum atomic E-state index is 12.2. The zero-order valence-electron chi connectivity index (χ0n) is 20.2. The van der Waals surface area contributed by atoms with E-state index in [1.807, 2.05) is 12.2 Å². The molecule has 0 bridgehead atoms. The second-order valence-corrected chi connectivity index (χ2v) is 11.0. The molecule has 4 nitrogen and oxygen atoms in total. The summed E-state index contributed by atoms with van der Waals surface area (Å²) in [6.07, 6.45) is 11.7. The van der Waals surface area contributed by atoms with Crippen LogP contribution in [0.1, 0.15) is 63.4 Å². The molecule has 0 aliphatic heterocycles. The predicted molar refractivity (Wildman–Crippen MR) is 132 cm³/mol. The molecule has 2 saturated carbocycles. The number of benzene rings is 1. The average molecular weight is 448 g/mol. The number of ketones is 1. The van der Waals surface area contributed by atoms with E-state index in [1.54, 1.807) is 11.6 Å². The molecule has 0 amide bonds. The minimum atomic E-state index is -0.892. The van der Waals surface area contributed by atoms with Gasteiger partial charge in [0.05, 0.1) is 12.2 Å². The average Bonchev–Trinajstić information content (AvgIpc) is 3.07. The number of aliphatic hydroxyl groups is 2. The summed E-state index contributed by atoms with van der Waals surface area (Å²) in [5, 5.41) is 21.3. The molecule has 0 saturated heterocycles. The summed E-state index contributed by atoms with van der Waals surface area (Å²) >= 11 is 0. The first-order valence-electron chi connectivity index (χ1n) is 12.5. The van der Waals surface area contributed by atoms with Crippen molar-refractivity contribution in [1.29, 1.82) is 0 Å². The van der Waals surface area contributed by atoms with E-state index in [4.69, 9.17) is 0 Å². The predicted octanol–water partition coefficient (Wildman–Crippen LogP) is 4.93. The van der Waals surface area contributed by atoms with Crippen LogP contribution in [0.4, 0.5) is 5.69 Å². The van der Waals surface area contributed by atoms with Gasteiger partial charge in [0.1, 0.15) is 0 Å². The zero-order valence-corrected chi connectivity index (χ0v) is 20.2. The highest BCUT2D eigenvalue weighted by Crippen LogP contribution is 2.67. The van der Waals surface area contributed by atoms with Gasteiger partial charge in [-0.25, -0.2) is 0 Å². The molecule has 5 atom stereocenters. The number of hydrogen-bond donors (Lipinski definition) is 2. The van der Waals surface area contributed by atoms with Crippen LogP contribution in [-0.4, -0.2) is 42.3 Å². The van der Waals surface area contributed by atoms with Gasteiger partial charge in [0, 0.05) is 37.5 Å². The Morgan fingerprint density at radius 1 is 1.12 bits per heavy atom. The summed E-state index contributed by atoms with van der Waals surface area (Å²) in [5.74, 6) is 1.38. The van der Waals surface area contributed by atoms with E-state index in [0.29, 0.717) is 18.3 Å². The van der Waals surface area contributed by atoms with Crippen LogP contribution in [0.2, 0.25) is 0 Å². The second-order valence-electron chi connectivity index (χ2n) is 11.0. The fraction of sp³-hybridized carbons (Fsp3) is 0.552. The summed E-state index contributed by atoms with van der Waals surface area (Å²) < 4.78 is 0. The fourth-order valence-corrected chi connectivity index (χ4v) is 7.52. The van der Waals surface area contributed by atoms with E-state index in [-0.39, 0.29) is 23.7 Å². The molecule has 33 heavy (non-hydrogen) atoms. The molecule has 4 aliphatic rings. The normalized spacial score (nSPS) is 35.8. The van der Waals surface area contributed by atoms with Gasteiger partial charge in [-0.2, -0.15) is 0 Å². The Labute approximate surface area is 197 Å². The van der Waals surface area contributed by atoms with Crippen LogP contribution >= 0.6 is 0 Å². The van der Waals surface area contributed by atoms with Gasteiger partial charge >= 0.3 is 0 Å². The molecule has 1 aromatic rings. The van der Waals surface area contributed by atoms with Gasteiger partial charge in [0.25, 0.3) is 0 Å². The topological polar surface area (TPSA) is 60.8 Å². The number of carbonyl (C=O) groups is 1. The third-order valence-electron chi connectivity index (χ3n) is 9.26. The van der Waals surface area contributed by atoms with Crippen LogP contribution in [0, 0.1) is 17.3 Å². The van der Waals surface area contributed by atoms with Crippen molar-refractivity contribution in [1.82, 2.24) is 0 Å². The Bertz CT molecular complexity index is 1030. The number of hydrogen-bond acceptors (Lipinski definition) is 4. The minimum absolute atomic E-state index is 0.0423. The third-order valence-corrected chi connectivity index (χ3v) is 9.26. The third kappa shape index (κ3) is 3.54. The molecule has 4 aliphatic carbocycles. The highest BCUT2D eigenvalue weighted by atomic mass is 16.3. The smallest absolute Gasteiger partial charge is 0.156 e. The molecule has 0 aromatic heterocycles. The first-order chi connectivity index (χ1) is 15.8. The first kappa shape index (κ1) is 22.6. The Morgan fingerprint density at radius 3 is 2.58 bits per heavy atom. The SMILES string of the molecule is CN(C)c1ccc([C@H]2C[C@@]3(C)[C@@H](CC[C@@]3(O)C=CCO)[C@H]3CCC4=CC(=O)CCC4=C23)cc1. The van der Waals surface area contributed by atoms with Crippen LogP contribution in [0.25, 0.3) is 0 Å². The maximum absolute atomic E-state index is 12.2. The van der Waals surface area contributed by atoms with Crippen LogP contribution in [0.5, 0.6) is 0 Å². The lowest BCUT2D eigenvalue weighted by molar-refractivity contribution is -0.114. The number of carbonyl (C=O) groups excluding carboxylic acids is 1. The van der Waals surface area contributed by atoms with Crippen molar-refractivity contribution in [2.24, 2.45) is 17.3 Å². The zero-order chi connectivity index (χ0) is 23.4. The molecule has 4 heteroatoms. The van der Waals surface area contributed by atoms with E-state index < -0.39 is 5.60 Å². The van der Waals surface area contributed by atoms with Gasteiger partial charge in [-0.3, -0.25) is 4.79 Å². The number of anilines is 1. The van der Waals surface area contributed by atoms with Gasteiger partial charge in [-0.05, 0) is 85.3 Å². The Balaban J connectivity index is 1.65. The highest BCUT2D eigenvalue weighted by Gasteiger charge is 2.61. The highest BCUT2D eigenvalue weighted by molar-refractivity contribution is 5.93. The lowest BCUT2D eigenvalue weighted by Gasteiger charge is -2.54.